The number of aliphatic hydroxyl groups is 1. The molecule has 3 heteroatoms. The van der Waals surface area contributed by atoms with Gasteiger partial charge in [0.1, 0.15) is 0 Å². The molecular formula is C7H9ClOS. The van der Waals surface area contributed by atoms with Gasteiger partial charge in [-0.25, -0.2) is 0 Å². The Morgan fingerprint density at radius 2 is 2.30 bits per heavy atom. The molecule has 0 fully saturated rings. The summed E-state index contributed by atoms with van der Waals surface area (Å²) >= 11 is 7.22. The number of thiophene rings is 1. The molecule has 1 heterocycles. The summed E-state index contributed by atoms with van der Waals surface area (Å²) in [7, 11) is 0. The molecule has 1 N–H and O–H groups in total. The molecule has 0 radical (unpaired) electrons. The predicted molar refractivity (Wildman–Crippen MR) is 44.7 cm³/mol. The number of hydrogen-bond donors (Lipinski definition) is 1. The van der Waals surface area contributed by atoms with Gasteiger partial charge >= 0.3 is 0 Å². The maximum atomic E-state index is 9.11. The Labute approximate surface area is 69.3 Å². The van der Waals surface area contributed by atoms with Gasteiger partial charge < -0.3 is 5.11 Å². The summed E-state index contributed by atoms with van der Waals surface area (Å²) in [5.74, 6) is 0. The first kappa shape index (κ1) is 8.05. The van der Waals surface area contributed by atoms with Gasteiger partial charge in [-0.3, -0.25) is 0 Å². The Kier molecular flexibility index (Phi) is 2.34. The van der Waals surface area contributed by atoms with Crippen molar-refractivity contribution in [2.45, 2.75) is 20.0 Å². The lowest BCUT2D eigenvalue weighted by Crippen LogP contribution is -1.83. The van der Waals surface area contributed by atoms with Crippen LogP contribution >= 0.6 is 22.9 Å². The van der Waals surface area contributed by atoms with Crippen molar-refractivity contribution in [3.05, 3.63) is 20.8 Å². The van der Waals surface area contributed by atoms with Crippen molar-refractivity contribution in [3.63, 3.8) is 0 Å². The van der Waals surface area contributed by atoms with Crippen molar-refractivity contribution < 1.29 is 5.11 Å². The summed E-state index contributed by atoms with van der Waals surface area (Å²) in [6, 6.07) is 1.91. The standard InChI is InChI=1S/C7H9ClOS/c1-4-3-6(5(2)9)10-7(4)8/h3,5,9H,1-2H3/t5-/m0/s1. The van der Waals surface area contributed by atoms with Crippen LogP contribution in [0.4, 0.5) is 0 Å². The molecule has 0 unspecified atom stereocenters. The lowest BCUT2D eigenvalue weighted by Gasteiger charge is -1.95. The predicted octanol–water partition coefficient (Wildman–Crippen LogP) is 2.76. The van der Waals surface area contributed by atoms with Crippen molar-refractivity contribution in [2.75, 3.05) is 0 Å². The van der Waals surface area contributed by atoms with Gasteiger partial charge in [0.05, 0.1) is 10.4 Å². The summed E-state index contributed by atoms with van der Waals surface area (Å²) < 4.78 is 0.774. The average molecular weight is 177 g/mol. The van der Waals surface area contributed by atoms with Crippen LogP contribution < -0.4 is 0 Å². The van der Waals surface area contributed by atoms with Gasteiger partial charge in [-0.05, 0) is 25.5 Å². The van der Waals surface area contributed by atoms with Crippen LogP contribution in [0.25, 0.3) is 0 Å². The molecule has 0 saturated carbocycles. The molecular weight excluding hydrogens is 168 g/mol. The Balaban J connectivity index is 2.98. The SMILES string of the molecule is Cc1cc([C@H](C)O)sc1Cl. The lowest BCUT2D eigenvalue weighted by molar-refractivity contribution is 0.203. The molecule has 0 aliphatic carbocycles. The molecule has 56 valence electrons. The fourth-order valence-corrected chi connectivity index (χ4v) is 1.84. The Hall–Kier alpha value is -0.0500. The summed E-state index contributed by atoms with van der Waals surface area (Å²) in [5, 5.41) is 9.11. The smallest absolute Gasteiger partial charge is 0.0961 e. The molecule has 0 saturated heterocycles. The fraction of sp³-hybridized carbons (Fsp3) is 0.429. The number of aliphatic hydroxyl groups excluding tert-OH is 1. The number of aryl methyl sites for hydroxylation is 1. The molecule has 0 spiro atoms. The van der Waals surface area contributed by atoms with E-state index in [-0.39, 0.29) is 0 Å². The van der Waals surface area contributed by atoms with Gasteiger partial charge in [0.15, 0.2) is 0 Å². The van der Waals surface area contributed by atoms with Gasteiger partial charge in [-0.2, -0.15) is 0 Å². The Morgan fingerprint density at radius 3 is 2.50 bits per heavy atom. The van der Waals surface area contributed by atoms with E-state index >= 15 is 0 Å². The highest BCUT2D eigenvalue weighted by Crippen LogP contribution is 2.30. The van der Waals surface area contributed by atoms with E-state index in [0.717, 1.165) is 14.8 Å². The van der Waals surface area contributed by atoms with E-state index in [4.69, 9.17) is 16.7 Å². The minimum atomic E-state index is -0.392. The van der Waals surface area contributed by atoms with E-state index in [2.05, 4.69) is 0 Å². The van der Waals surface area contributed by atoms with Crippen molar-refractivity contribution in [3.8, 4) is 0 Å². The van der Waals surface area contributed by atoms with Crippen molar-refractivity contribution in [2.24, 2.45) is 0 Å². The molecule has 1 aromatic rings. The number of hydrogen-bond acceptors (Lipinski definition) is 2. The van der Waals surface area contributed by atoms with Crippen LogP contribution in [0.3, 0.4) is 0 Å². The van der Waals surface area contributed by atoms with Crippen molar-refractivity contribution in [1.82, 2.24) is 0 Å². The zero-order valence-corrected chi connectivity index (χ0v) is 7.46. The third-order valence-electron chi connectivity index (χ3n) is 1.29. The second-order valence-electron chi connectivity index (χ2n) is 2.28. The third-order valence-corrected chi connectivity index (χ3v) is 3.01. The molecule has 0 amide bonds. The monoisotopic (exact) mass is 176 g/mol. The molecule has 0 aliphatic heterocycles. The quantitative estimate of drug-likeness (QED) is 0.698. The highest BCUT2D eigenvalue weighted by molar-refractivity contribution is 7.16. The van der Waals surface area contributed by atoms with Crippen LogP contribution in [0.1, 0.15) is 23.5 Å². The van der Waals surface area contributed by atoms with E-state index in [9.17, 15) is 0 Å². The molecule has 1 rings (SSSR count). The molecule has 10 heavy (non-hydrogen) atoms. The van der Waals surface area contributed by atoms with Gasteiger partial charge in [-0.1, -0.05) is 11.6 Å². The minimum absolute atomic E-state index is 0.392. The molecule has 0 aliphatic rings. The molecule has 1 nitrogen and oxygen atoms in total. The van der Waals surface area contributed by atoms with Crippen LogP contribution in [0.5, 0.6) is 0 Å². The Morgan fingerprint density at radius 1 is 1.70 bits per heavy atom. The second kappa shape index (κ2) is 2.91. The van der Waals surface area contributed by atoms with Gasteiger partial charge in [0, 0.05) is 4.88 Å². The topological polar surface area (TPSA) is 20.2 Å². The van der Waals surface area contributed by atoms with E-state index in [1.54, 1.807) is 6.92 Å². The largest absolute Gasteiger partial charge is 0.388 e. The summed E-state index contributed by atoms with van der Waals surface area (Å²) in [4.78, 5) is 0.933. The normalized spacial score (nSPS) is 13.6. The lowest BCUT2D eigenvalue weighted by atomic mass is 10.3. The van der Waals surface area contributed by atoms with E-state index < -0.39 is 6.10 Å². The van der Waals surface area contributed by atoms with E-state index in [1.807, 2.05) is 13.0 Å². The number of rotatable bonds is 1. The first-order chi connectivity index (χ1) is 4.61. The van der Waals surface area contributed by atoms with Crippen molar-refractivity contribution in [1.29, 1.82) is 0 Å². The second-order valence-corrected chi connectivity index (χ2v) is 3.97. The van der Waals surface area contributed by atoms with Crippen LogP contribution in [0.2, 0.25) is 4.34 Å². The van der Waals surface area contributed by atoms with Crippen molar-refractivity contribution >= 4 is 22.9 Å². The summed E-state index contributed by atoms with van der Waals surface area (Å²) in [6.07, 6.45) is -0.392. The maximum Gasteiger partial charge on any atom is 0.0961 e. The number of halogens is 1. The summed E-state index contributed by atoms with van der Waals surface area (Å²) in [5.41, 5.74) is 1.04. The highest BCUT2D eigenvalue weighted by atomic mass is 35.5. The van der Waals surface area contributed by atoms with Crippen LogP contribution in [0, 0.1) is 6.92 Å². The molecule has 0 bridgehead atoms. The van der Waals surface area contributed by atoms with E-state index in [1.165, 1.54) is 11.3 Å². The molecule has 0 aromatic carbocycles. The van der Waals surface area contributed by atoms with Crippen LogP contribution in [-0.2, 0) is 0 Å². The van der Waals surface area contributed by atoms with Gasteiger partial charge in [0.2, 0.25) is 0 Å². The zero-order valence-electron chi connectivity index (χ0n) is 5.89. The fourth-order valence-electron chi connectivity index (χ4n) is 0.689. The summed E-state index contributed by atoms with van der Waals surface area (Å²) in [6.45, 7) is 3.67. The molecule has 1 atom stereocenters. The van der Waals surface area contributed by atoms with Crippen LogP contribution in [0.15, 0.2) is 6.07 Å². The average Bonchev–Trinajstić information content (AvgIpc) is 2.13. The van der Waals surface area contributed by atoms with E-state index in [0.29, 0.717) is 0 Å². The maximum absolute atomic E-state index is 9.11. The minimum Gasteiger partial charge on any atom is -0.388 e. The first-order valence-electron chi connectivity index (χ1n) is 3.05. The zero-order chi connectivity index (χ0) is 7.72. The first-order valence-corrected chi connectivity index (χ1v) is 4.24. The third kappa shape index (κ3) is 1.51. The Bertz CT molecular complexity index is 210. The van der Waals surface area contributed by atoms with Crippen LogP contribution in [-0.4, -0.2) is 5.11 Å². The van der Waals surface area contributed by atoms with Gasteiger partial charge in [0.25, 0.3) is 0 Å². The van der Waals surface area contributed by atoms with Gasteiger partial charge in [-0.15, -0.1) is 11.3 Å². The molecule has 1 aromatic heterocycles. The highest BCUT2D eigenvalue weighted by Gasteiger charge is 2.06.